The number of halogens is 2. The lowest BCUT2D eigenvalue weighted by molar-refractivity contribution is 0.0262. The Hall–Kier alpha value is -0.900. The molecule has 14 heavy (non-hydrogen) atoms. The summed E-state index contributed by atoms with van der Waals surface area (Å²) >= 11 is 0. The van der Waals surface area contributed by atoms with E-state index in [0.29, 0.717) is 17.1 Å². The van der Waals surface area contributed by atoms with Gasteiger partial charge in [-0.2, -0.15) is 0 Å². The van der Waals surface area contributed by atoms with Crippen LogP contribution >= 0.6 is 0 Å². The van der Waals surface area contributed by atoms with Crippen molar-refractivity contribution in [2.45, 2.75) is 32.3 Å². The van der Waals surface area contributed by atoms with Crippen LogP contribution in [0.5, 0.6) is 0 Å². The first kappa shape index (κ1) is 9.65. The van der Waals surface area contributed by atoms with E-state index in [9.17, 15) is 13.9 Å². The smallest absolute Gasteiger partial charge is 0.241 e. The summed E-state index contributed by atoms with van der Waals surface area (Å²) in [5.74, 6) is 0.415. The molecule has 1 aromatic rings. The normalized spacial score (nSPS) is 26.6. The molecule has 0 saturated carbocycles. The van der Waals surface area contributed by atoms with E-state index in [2.05, 4.69) is 0 Å². The van der Waals surface area contributed by atoms with Gasteiger partial charge >= 0.3 is 0 Å². The molecule has 0 radical (unpaired) electrons. The maximum Gasteiger partial charge on any atom is 0.241 e. The summed E-state index contributed by atoms with van der Waals surface area (Å²) < 4.78 is 30.1. The molecule has 1 aliphatic rings. The molecular weight excluding hydrogens is 190 g/mol. The van der Waals surface area contributed by atoms with Gasteiger partial charge < -0.3 is 9.52 Å². The number of alkyl halides is 2. The van der Waals surface area contributed by atoms with Gasteiger partial charge in [0, 0.05) is 17.9 Å². The zero-order valence-corrected chi connectivity index (χ0v) is 7.84. The molecular formula is C10H12F2O2. The van der Waals surface area contributed by atoms with E-state index in [4.69, 9.17) is 4.42 Å². The highest BCUT2D eigenvalue weighted by atomic mass is 19.3. The number of furan rings is 1. The quantitative estimate of drug-likeness (QED) is 0.758. The fourth-order valence-electron chi connectivity index (χ4n) is 1.95. The molecule has 0 saturated heterocycles. The molecule has 1 heterocycles. The van der Waals surface area contributed by atoms with Crippen LogP contribution in [0.1, 0.15) is 29.6 Å². The van der Waals surface area contributed by atoms with Crippen molar-refractivity contribution in [3.8, 4) is 0 Å². The van der Waals surface area contributed by atoms with Gasteiger partial charge in [0.15, 0.2) is 0 Å². The maximum absolute atomic E-state index is 12.4. The van der Waals surface area contributed by atoms with Gasteiger partial charge in [0.2, 0.25) is 6.43 Å². The highest BCUT2D eigenvalue weighted by Gasteiger charge is 2.33. The van der Waals surface area contributed by atoms with Crippen molar-refractivity contribution in [2.24, 2.45) is 5.92 Å². The Balaban J connectivity index is 2.28. The van der Waals surface area contributed by atoms with Crippen molar-refractivity contribution in [1.82, 2.24) is 0 Å². The van der Waals surface area contributed by atoms with E-state index in [1.807, 2.05) is 0 Å². The Labute approximate surface area is 80.5 Å². The molecule has 4 heteroatoms. The maximum atomic E-state index is 12.4. The zero-order chi connectivity index (χ0) is 10.3. The van der Waals surface area contributed by atoms with E-state index < -0.39 is 18.4 Å². The van der Waals surface area contributed by atoms with Gasteiger partial charge in [-0.15, -0.1) is 0 Å². The van der Waals surface area contributed by atoms with E-state index >= 15 is 0 Å². The minimum atomic E-state index is -2.39. The molecule has 0 aromatic carbocycles. The largest absolute Gasteiger partial charge is 0.466 e. The van der Waals surface area contributed by atoms with Crippen LogP contribution in [-0.2, 0) is 6.42 Å². The number of aliphatic hydroxyl groups excluding tert-OH is 1. The summed E-state index contributed by atoms with van der Waals surface area (Å²) in [4.78, 5) is 0. The van der Waals surface area contributed by atoms with Gasteiger partial charge in [0.25, 0.3) is 0 Å². The second-order valence-electron chi connectivity index (χ2n) is 3.79. The third kappa shape index (κ3) is 1.54. The monoisotopic (exact) mass is 202 g/mol. The molecule has 0 spiro atoms. The van der Waals surface area contributed by atoms with Crippen LogP contribution in [-0.4, -0.2) is 11.5 Å². The van der Waals surface area contributed by atoms with Gasteiger partial charge in [-0.1, -0.05) is 0 Å². The Morgan fingerprint density at radius 2 is 2.29 bits per heavy atom. The lowest BCUT2D eigenvalue weighted by Crippen LogP contribution is -2.22. The predicted molar refractivity (Wildman–Crippen MR) is 46.2 cm³/mol. The van der Waals surface area contributed by atoms with Crippen LogP contribution in [0.4, 0.5) is 8.78 Å². The average Bonchev–Trinajstić information content (AvgIpc) is 2.45. The molecule has 0 amide bonds. The van der Waals surface area contributed by atoms with Crippen LogP contribution in [0.2, 0.25) is 0 Å². The standard InChI is InChI=1S/C10H12F2O2/c1-5-2-7-8(13)3-6(10(11)12)4-9(7)14-5/h2,6,8,10,13H,3-4H2,1H3/t6-,8-/m0/s1. The molecule has 0 unspecified atom stereocenters. The van der Waals surface area contributed by atoms with Crippen molar-refractivity contribution >= 4 is 0 Å². The Morgan fingerprint density at radius 3 is 2.93 bits per heavy atom. The molecule has 2 rings (SSSR count). The van der Waals surface area contributed by atoms with Crippen molar-refractivity contribution in [3.05, 3.63) is 23.2 Å². The highest BCUT2D eigenvalue weighted by Crippen LogP contribution is 2.37. The van der Waals surface area contributed by atoms with Gasteiger partial charge in [0.1, 0.15) is 11.5 Å². The third-order valence-electron chi connectivity index (χ3n) is 2.65. The lowest BCUT2D eigenvalue weighted by Gasteiger charge is -2.24. The second kappa shape index (κ2) is 3.35. The van der Waals surface area contributed by atoms with E-state index in [-0.39, 0.29) is 12.8 Å². The summed E-state index contributed by atoms with van der Waals surface area (Å²) in [5, 5.41) is 9.60. The molecule has 1 aliphatic carbocycles. The number of aliphatic hydroxyl groups is 1. The van der Waals surface area contributed by atoms with Crippen LogP contribution in [0.3, 0.4) is 0 Å². The van der Waals surface area contributed by atoms with E-state index in [0.717, 1.165) is 0 Å². The third-order valence-corrected chi connectivity index (χ3v) is 2.65. The summed E-state index contributed by atoms with van der Waals surface area (Å²) in [6.45, 7) is 1.75. The van der Waals surface area contributed by atoms with Crippen molar-refractivity contribution in [1.29, 1.82) is 0 Å². The van der Waals surface area contributed by atoms with E-state index in [1.165, 1.54) is 0 Å². The summed E-state index contributed by atoms with van der Waals surface area (Å²) in [6.07, 6.45) is -2.82. The molecule has 1 aromatic heterocycles. The fourth-order valence-corrected chi connectivity index (χ4v) is 1.95. The van der Waals surface area contributed by atoms with Crippen molar-refractivity contribution in [3.63, 3.8) is 0 Å². The van der Waals surface area contributed by atoms with Crippen LogP contribution in [0, 0.1) is 12.8 Å². The number of hydrogen-bond donors (Lipinski definition) is 1. The number of hydrogen-bond acceptors (Lipinski definition) is 2. The first-order valence-corrected chi connectivity index (χ1v) is 4.63. The highest BCUT2D eigenvalue weighted by molar-refractivity contribution is 5.26. The van der Waals surface area contributed by atoms with Gasteiger partial charge in [-0.25, -0.2) is 8.78 Å². The topological polar surface area (TPSA) is 33.4 Å². The van der Waals surface area contributed by atoms with E-state index in [1.54, 1.807) is 13.0 Å². The van der Waals surface area contributed by atoms with Crippen molar-refractivity contribution in [2.75, 3.05) is 0 Å². The molecule has 2 nitrogen and oxygen atoms in total. The molecule has 0 aliphatic heterocycles. The number of fused-ring (bicyclic) bond motifs is 1. The first-order valence-electron chi connectivity index (χ1n) is 4.63. The molecule has 0 fully saturated rings. The Morgan fingerprint density at radius 1 is 1.57 bits per heavy atom. The predicted octanol–water partition coefficient (Wildman–Crippen LogP) is 2.45. The molecule has 78 valence electrons. The zero-order valence-electron chi connectivity index (χ0n) is 7.84. The van der Waals surface area contributed by atoms with Crippen LogP contribution < -0.4 is 0 Å². The summed E-state index contributed by atoms with van der Waals surface area (Å²) in [7, 11) is 0. The molecule has 1 N–H and O–H groups in total. The summed E-state index contributed by atoms with van der Waals surface area (Å²) in [5.41, 5.74) is 0.680. The SMILES string of the molecule is Cc1cc2c(o1)C[C@@H](C(F)F)C[C@@H]2O. The Bertz CT molecular complexity index is 333. The Kier molecular flexibility index (Phi) is 2.31. The minimum absolute atomic E-state index is 0.129. The number of rotatable bonds is 1. The number of aryl methyl sites for hydroxylation is 1. The van der Waals surface area contributed by atoms with Crippen molar-refractivity contribution < 1.29 is 18.3 Å². The lowest BCUT2D eigenvalue weighted by atomic mass is 9.86. The van der Waals surface area contributed by atoms with Crippen LogP contribution in [0.25, 0.3) is 0 Å². The first-order chi connectivity index (χ1) is 6.58. The molecule has 0 bridgehead atoms. The fraction of sp³-hybridized carbons (Fsp3) is 0.600. The minimum Gasteiger partial charge on any atom is -0.466 e. The second-order valence-corrected chi connectivity index (χ2v) is 3.79. The summed E-state index contributed by atoms with van der Waals surface area (Å²) in [6, 6.07) is 1.72. The van der Waals surface area contributed by atoms with Gasteiger partial charge in [0.05, 0.1) is 6.10 Å². The molecule has 2 atom stereocenters. The average molecular weight is 202 g/mol. The van der Waals surface area contributed by atoms with Gasteiger partial charge in [-0.3, -0.25) is 0 Å². The van der Waals surface area contributed by atoms with Gasteiger partial charge in [-0.05, 0) is 19.4 Å². The van der Waals surface area contributed by atoms with Crippen LogP contribution in [0.15, 0.2) is 10.5 Å².